The molecule has 1 atom stereocenters. The van der Waals surface area contributed by atoms with Crippen molar-refractivity contribution in [3.8, 4) is 0 Å². The fraction of sp³-hybridized carbons (Fsp3) is 0.571. The van der Waals surface area contributed by atoms with Gasteiger partial charge in [0, 0.05) is 11.9 Å². The average Bonchev–Trinajstić information content (AvgIpc) is 2.36. The van der Waals surface area contributed by atoms with Gasteiger partial charge in [-0.05, 0) is 30.4 Å². The molecule has 108 valence electrons. The van der Waals surface area contributed by atoms with Crippen molar-refractivity contribution in [2.24, 2.45) is 5.92 Å². The summed E-state index contributed by atoms with van der Waals surface area (Å²) >= 11 is 6.26. The van der Waals surface area contributed by atoms with Crippen molar-refractivity contribution in [1.29, 1.82) is 0 Å². The molecule has 5 heteroatoms. The van der Waals surface area contributed by atoms with E-state index in [4.69, 9.17) is 11.6 Å². The third kappa shape index (κ3) is 4.79. The van der Waals surface area contributed by atoms with Crippen LogP contribution in [0.2, 0.25) is 0 Å². The molecule has 0 aliphatic heterocycles. The van der Waals surface area contributed by atoms with Gasteiger partial charge in [0.25, 0.3) is 0 Å². The van der Waals surface area contributed by atoms with Crippen molar-refractivity contribution in [2.75, 3.05) is 6.54 Å². The first-order valence-electron chi connectivity index (χ1n) is 6.60. The van der Waals surface area contributed by atoms with Crippen LogP contribution in [0.15, 0.2) is 29.2 Å². The van der Waals surface area contributed by atoms with Crippen molar-refractivity contribution >= 4 is 21.6 Å². The minimum Gasteiger partial charge on any atom is -0.211 e. The zero-order valence-corrected chi connectivity index (χ0v) is 13.3. The highest BCUT2D eigenvalue weighted by molar-refractivity contribution is 7.89. The summed E-state index contributed by atoms with van der Waals surface area (Å²) in [5.74, 6) is 0.307. The SMILES string of the molecule is CCCNS(=O)(=O)c1ccccc1CC(Cl)C(C)C. The molecule has 1 aromatic carbocycles. The van der Waals surface area contributed by atoms with Crippen LogP contribution >= 0.6 is 11.6 Å². The van der Waals surface area contributed by atoms with Crippen LogP contribution in [0.1, 0.15) is 32.8 Å². The van der Waals surface area contributed by atoms with Crippen LogP contribution in [0.3, 0.4) is 0 Å². The smallest absolute Gasteiger partial charge is 0.211 e. The summed E-state index contributed by atoms with van der Waals surface area (Å²) < 4.78 is 27.0. The van der Waals surface area contributed by atoms with Crippen LogP contribution in [-0.2, 0) is 16.4 Å². The largest absolute Gasteiger partial charge is 0.240 e. The molecule has 1 rings (SSSR count). The zero-order valence-electron chi connectivity index (χ0n) is 11.7. The number of sulfonamides is 1. The topological polar surface area (TPSA) is 46.2 Å². The van der Waals surface area contributed by atoms with Gasteiger partial charge in [0.1, 0.15) is 0 Å². The van der Waals surface area contributed by atoms with Crippen molar-refractivity contribution < 1.29 is 8.42 Å². The highest BCUT2D eigenvalue weighted by Gasteiger charge is 2.20. The van der Waals surface area contributed by atoms with Gasteiger partial charge < -0.3 is 0 Å². The standard InChI is InChI=1S/C14H22ClNO2S/c1-4-9-16-19(17,18)14-8-6-5-7-12(14)10-13(15)11(2)3/h5-8,11,13,16H,4,9-10H2,1-3H3. The van der Waals surface area contributed by atoms with Gasteiger partial charge in [0.2, 0.25) is 10.0 Å². The normalized spacial score (nSPS) is 13.7. The van der Waals surface area contributed by atoms with Crippen LogP contribution in [-0.4, -0.2) is 20.3 Å². The second-order valence-electron chi connectivity index (χ2n) is 4.97. The van der Waals surface area contributed by atoms with Gasteiger partial charge in [-0.2, -0.15) is 0 Å². The van der Waals surface area contributed by atoms with Crippen molar-refractivity contribution in [1.82, 2.24) is 4.72 Å². The molecule has 0 saturated carbocycles. The monoisotopic (exact) mass is 303 g/mol. The summed E-state index contributed by atoms with van der Waals surface area (Å²) in [4.78, 5) is 0.342. The van der Waals surface area contributed by atoms with Crippen molar-refractivity contribution in [3.05, 3.63) is 29.8 Å². The van der Waals surface area contributed by atoms with E-state index in [2.05, 4.69) is 4.72 Å². The molecule has 0 aliphatic rings. The molecule has 1 aromatic rings. The molecule has 0 heterocycles. The highest BCUT2D eigenvalue weighted by Crippen LogP contribution is 2.21. The Bertz CT molecular complexity index is 500. The molecule has 19 heavy (non-hydrogen) atoms. The lowest BCUT2D eigenvalue weighted by molar-refractivity contribution is 0.572. The summed E-state index contributed by atoms with van der Waals surface area (Å²) in [5, 5.41) is -0.0671. The van der Waals surface area contributed by atoms with Gasteiger partial charge >= 0.3 is 0 Å². The third-order valence-electron chi connectivity index (χ3n) is 2.94. The summed E-state index contributed by atoms with van der Waals surface area (Å²) in [7, 11) is -3.43. The molecule has 0 radical (unpaired) electrons. The Labute approximate surface area is 121 Å². The van der Waals surface area contributed by atoms with E-state index in [1.807, 2.05) is 32.9 Å². The fourth-order valence-corrected chi connectivity index (χ4v) is 3.24. The van der Waals surface area contributed by atoms with Crippen LogP contribution in [0.25, 0.3) is 0 Å². The lowest BCUT2D eigenvalue weighted by atomic mass is 10.0. The minimum absolute atomic E-state index is 0.0671. The van der Waals surface area contributed by atoms with Gasteiger partial charge in [-0.25, -0.2) is 13.1 Å². The van der Waals surface area contributed by atoms with Gasteiger partial charge in [-0.15, -0.1) is 11.6 Å². The Morgan fingerprint density at radius 2 is 1.89 bits per heavy atom. The van der Waals surface area contributed by atoms with Gasteiger partial charge in [0.15, 0.2) is 0 Å². The summed E-state index contributed by atoms with van der Waals surface area (Å²) in [5.41, 5.74) is 0.778. The Kier molecular flexibility index (Phi) is 6.30. The molecule has 0 aliphatic carbocycles. The molecule has 1 unspecified atom stereocenters. The van der Waals surface area contributed by atoms with Crippen LogP contribution in [0.4, 0.5) is 0 Å². The predicted octanol–water partition coefficient (Wildman–Crippen LogP) is 3.18. The van der Waals surface area contributed by atoms with E-state index in [0.717, 1.165) is 12.0 Å². The summed E-state index contributed by atoms with van der Waals surface area (Å²) in [6, 6.07) is 7.05. The van der Waals surface area contributed by atoms with E-state index in [-0.39, 0.29) is 5.38 Å². The quantitative estimate of drug-likeness (QED) is 0.786. The van der Waals surface area contributed by atoms with Crippen molar-refractivity contribution in [3.63, 3.8) is 0 Å². The number of rotatable bonds is 7. The van der Waals surface area contributed by atoms with E-state index in [0.29, 0.717) is 23.8 Å². The van der Waals surface area contributed by atoms with Gasteiger partial charge in [0.05, 0.1) is 4.90 Å². The lowest BCUT2D eigenvalue weighted by Crippen LogP contribution is -2.26. The highest BCUT2D eigenvalue weighted by atomic mass is 35.5. The Hall–Kier alpha value is -0.580. The molecular formula is C14H22ClNO2S. The van der Waals surface area contributed by atoms with Crippen molar-refractivity contribution in [2.45, 2.75) is 43.9 Å². The van der Waals surface area contributed by atoms with E-state index >= 15 is 0 Å². The summed E-state index contributed by atoms with van der Waals surface area (Å²) in [6.45, 7) is 6.45. The molecule has 0 spiro atoms. The number of benzene rings is 1. The molecule has 0 fully saturated rings. The second kappa shape index (κ2) is 7.27. The minimum atomic E-state index is -3.43. The number of nitrogens with one attached hydrogen (secondary N) is 1. The van der Waals surface area contributed by atoms with E-state index < -0.39 is 10.0 Å². The Morgan fingerprint density at radius 3 is 2.47 bits per heavy atom. The van der Waals surface area contributed by atoms with E-state index in [1.165, 1.54) is 0 Å². The number of hydrogen-bond donors (Lipinski definition) is 1. The average molecular weight is 304 g/mol. The van der Waals surface area contributed by atoms with E-state index in [1.54, 1.807) is 12.1 Å². The summed E-state index contributed by atoms with van der Waals surface area (Å²) in [6.07, 6.45) is 1.33. The zero-order chi connectivity index (χ0) is 14.5. The first-order valence-corrected chi connectivity index (χ1v) is 8.52. The maximum Gasteiger partial charge on any atom is 0.240 e. The van der Waals surface area contributed by atoms with Crippen LogP contribution in [0, 0.1) is 5.92 Å². The van der Waals surface area contributed by atoms with E-state index in [9.17, 15) is 8.42 Å². The first kappa shape index (κ1) is 16.5. The van der Waals surface area contributed by atoms with Crippen LogP contribution in [0.5, 0.6) is 0 Å². The third-order valence-corrected chi connectivity index (χ3v) is 5.16. The lowest BCUT2D eigenvalue weighted by Gasteiger charge is -2.16. The Morgan fingerprint density at radius 1 is 1.26 bits per heavy atom. The molecule has 3 nitrogen and oxygen atoms in total. The molecule has 0 saturated heterocycles. The molecular weight excluding hydrogens is 282 g/mol. The maximum atomic E-state index is 12.2. The van der Waals surface area contributed by atoms with Gasteiger partial charge in [-0.3, -0.25) is 0 Å². The van der Waals surface area contributed by atoms with Gasteiger partial charge in [-0.1, -0.05) is 39.0 Å². The molecule has 0 aromatic heterocycles. The number of halogens is 1. The molecule has 0 amide bonds. The predicted molar refractivity (Wildman–Crippen MR) is 80.1 cm³/mol. The second-order valence-corrected chi connectivity index (χ2v) is 7.27. The number of alkyl halides is 1. The van der Waals surface area contributed by atoms with Crippen LogP contribution < -0.4 is 4.72 Å². The maximum absolute atomic E-state index is 12.2. The molecule has 1 N–H and O–H groups in total. The first-order chi connectivity index (χ1) is 8.88. The fourth-order valence-electron chi connectivity index (χ4n) is 1.69. The number of hydrogen-bond acceptors (Lipinski definition) is 2. The molecule has 0 bridgehead atoms. The Balaban J connectivity index is 3.02.